The smallest absolute Gasteiger partial charge is 0.323 e. The van der Waals surface area contributed by atoms with Crippen LogP contribution in [0.4, 0.5) is 4.79 Å². The highest BCUT2D eigenvalue weighted by Gasteiger charge is 2.36. The monoisotopic (exact) mass is 429 g/mol. The molecular formula is C16H16BrNO6S. The first-order valence-electron chi connectivity index (χ1n) is 7.24. The summed E-state index contributed by atoms with van der Waals surface area (Å²) in [4.78, 5) is 35.6. The zero-order valence-corrected chi connectivity index (χ0v) is 16.1. The second-order valence-electron chi connectivity index (χ2n) is 5.36. The van der Waals surface area contributed by atoms with Crippen LogP contribution in [0, 0.1) is 0 Å². The largest absolute Gasteiger partial charge is 0.493 e. The van der Waals surface area contributed by atoms with Gasteiger partial charge < -0.3 is 14.6 Å². The predicted octanol–water partition coefficient (Wildman–Crippen LogP) is 3.37. The zero-order valence-electron chi connectivity index (χ0n) is 13.7. The van der Waals surface area contributed by atoms with E-state index in [2.05, 4.69) is 15.9 Å². The molecule has 0 bridgehead atoms. The van der Waals surface area contributed by atoms with Crippen molar-refractivity contribution in [1.29, 1.82) is 0 Å². The number of carbonyl (C=O) groups excluding carboxylic acids is 2. The van der Waals surface area contributed by atoms with Gasteiger partial charge in [-0.2, -0.15) is 0 Å². The third-order valence-corrected chi connectivity index (χ3v) is 4.57. The summed E-state index contributed by atoms with van der Waals surface area (Å²) in [5, 5.41) is 8.17. The lowest BCUT2D eigenvalue weighted by Gasteiger charge is -2.16. The molecule has 9 heteroatoms. The summed E-state index contributed by atoms with van der Waals surface area (Å²) in [7, 11) is 1.50. The number of hydrogen-bond donors (Lipinski definition) is 1. The number of rotatable bonds is 6. The fraction of sp³-hybridized carbons (Fsp3) is 0.312. The first-order chi connectivity index (χ1) is 11.7. The van der Waals surface area contributed by atoms with Crippen LogP contribution in [0.25, 0.3) is 6.08 Å². The van der Waals surface area contributed by atoms with Gasteiger partial charge in [-0.15, -0.1) is 0 Å². The number of halogens is 1. The lowest BCUT2D eigenvalue weighted by atomic mass is 10.1. The molecule has 1 aromatic carbocycles. The Bertz CT molecular complexity index is 761. The van der Waals surface area contributed by atoms with Crippen LogP contribution < -0.4 is 9.47 Å². The Hall–Kier alpha value is -2.00. The van der Waals surface area contributed by atoms with E-state index in [1.54, 1.807) is 12.1 Å². The van der Waals surface area contributed by atoms with Gasteiger partial charge in [-0.1, -0.05) is 0 Å². The second-order valence-corrected chi connectivity index (χ2v) is 7.21. The molecule has 134 valence electrons. The highest BCUT2D eigenvalue weighted by Crippen LogP contribution is 2.39. The van der Waals surface area contributed by atoms with Crippen molar-refractivity contribution in [2.75, 3.05) is 13.7 Å². The van der Waals surface area contributed by atoms with Crippen LogP contribution in [-0.4, -0.2) is 46.9 Å². The van der Waals surface area contributed by atoms with E-state index in [1.807, 2.05) is 13.8 Å². The number of benzene rings is 1. The standard InChI is InChI=1S/C16H16BrNO6S/c1-8(2)24-14-10(17)4-9(5-11(14)23-3)6-12-15(21)18(7-13(19)20)16(22)25-12/h4-6,8H,7H2,1-3H3,(H,19,20)/b12-6+. The lowest BCUT2D eigenvalue weighted by molar-refractivity contribution is -0.140. The molecule has 7 nitrogen and oxygen atoms in total. The summed E-state index contributed by atoms with van der Waals surface area (Å²) in [6.45, 7) is 3.12. The minimum Gasteiger partial charge on any atom is -0.493 e. The fourth-order valence-corrected chi connectivity index (χ4v) is 3.49. The van der Waals surface area contributed by atoms with Gasteiger partial charge in [0.25, 0.3) is 11.1 Å². The minimum absolute atomic E-state index is 0.0523. The Morgan fingerprint density at radius 1 is 1.40 bits per heavy atom. The average molecular weight is 430 g/mol. The summed E-state index contributed by atoms with van der Waals surface area (Å²) in [6.07, 6.45) is 1.46. The van der Waals surface area contributed by atoms with Gasteiger partial charge >= 0.3 is 5.97 Å². The van der Waals surface area contributed by atoms with Gasteiger partial charge in [0.15, 0.2) is 11.5 Å². The van der Waals surface area contributed by atoms with Gasteiger partial charge in [0.1, 0.15) is 6.54 Å². The van der Waals surface area contributed by atoms with Gasteiger partial charge in [-0.25, -0.2) is 0 Å². The summed E-state index contributed by atoms with van der Waals surface area (Å²) in [5.74, 6) is -0.870. The van der Waals surface area contributed by atoms with Crippen LogP contribution in [0.15, 0.2) is 21.5 Å². The summed E-state index contributed by atoms with van der Waals surface area (Å²) < 4.78 is 11.7. The van der Waals surface area contributed by atoms with Crippen LogP contribution >= 0.6 is 27.7 Å². The molecule has 1 saturated heterocycles. The molecule has 0 aromatic heterocycles. The summed E-state index contributed by atoms with van der Waals surface area (Å²) >= 11 is 4.11. The number of carboxylic acids is 1. The molecular weight excluding hydrogens is 414 g/mol. The van der Waals surface area contributed by atoms with Crippen LogP contribution in [0.2, 0.25) is 0 Å². The predicted molar refractivity (Wildman–Crippen MR) is 96.8 cm³/mol. The molecule has 0 aliphatic carbocycles. The number of methoxy groups -OCH3 is 1. The van der Waals surface area contributed by atoms with E-state index in [4.69, 9.17) is 14.6 Å². The maximum absolute atomic E-state index is 12.2. The molecule has 0 radical (unpaired) electrons. The van der Waals surface area contributed by atoms with E-state index in [-0.39, 0.29) is 11.0 Å². The molecule has 0 atom stereocenters. The molecule has 0 unspecified atom stereocenters. The lowest BCUT2D eigenvalue weighted by Crippen LogP contribution is -2.33. The van der Waals surface area contributed by atoms with E-state index < -0.39 is 23.7 Å². The Labute approximate surface area is 157 Å². The third-order valence-electron chi connectivity index (χ3n) is 3.07. The van der Waals surface area contributed by atoms with Crippen molar-refractivity contribution < 1.29 is 29.0 Å². The van der Waals surface area contributed by atoms with Crippen molar-refractivity contribution in [2.45, 2.75) is 20.0 Å². The number of aliphatic carboxylic acids is 1. The van der Waals surface area contributed by atoms with Crippen molar-refractivity contribution in [3.8, 4) is 11.5 Å². The Kier molecular flexibility index (Phi) is 6.12. The Morgan fingerprint density at radius 3 is 2.64 bits per heavy atom. The van der Waals surface area contributed by atoms with E-state index in [1.165, 1.54) is 13.2 Å². The van der Waals surface area contributed by atoms with Gasteiger partial charge in [0.05, 0.1) is 22.6 Å². The zero-order chi connectivity index (χ0) is 18.7. The first kappa shape index (κ1) is 19.3. The quantitative estimate of drug-likeness (QED) is 0.692. The van der Waals surface area contributed by atoms with Gasteiger partial charge in [0.2, 0.25) is 0 Å². The Balaban J connectivity index is 2.35. The topological polar surface area (TPSA) is 93.1 Å². The molecule has 1 N–H and O–H groups in total. The molecule has 1 aromatic rings. The normalized spacial score (nSPS) is 16.0. The van der Waals surface area contributed by atoms with E-state index in [0.29, 0.717) is 38.2 Å². The number of ether oxygens (including phenoxy) is 2. The van der Waals surface area contributed by atoms with Crippen LogP contribution in [0.5, 0.6) is 11.5 Å². The molecule has 1 aliphatic rings. The Morgan fingerprint density at radius 2 is 2.08 bits per heavy atom. The molecule has 2 amide bonds. The average Bonchev–Trinajstić information content (AvgIpc) is 2.76. The number of carbonyl (C=O) groups is 3. The maximum atomic E-state index is 12.2. The molecule has 0 saturated carbocycles. The van der Waals surface area contributed by atoms with Crippen LogP contribution in [0.3, 0.4) is 0 Å². The highest BCUT2D eigenvalue weighted by molar-refractivity contribution is 9.10. The van der Waals surface area contributed by atoms with E-state index in [0.717, 1.165) is 0 Å². The van der Waals surface area contributed by atoms with Crippen molar-refractivity contribution in [3.63, 3.8) is 0 Å². The van der Waals surface area contributed by atoms with Crippen LogP contribution in [-0.2, 0) is 9.59 Å². The molecule has 0 spiro atoms. The SMILES string of the molecule is COc1cc(/C=C2/SC(=O)N(CC(=O)O)C2=O)cc(Br)c1OC(C)C. The molecule has 25 heavy (non-hydrogen) atoms. The number of hydrogen-bond acceptors (Lipinski definition) is 6. The molecule has 1 heterocycles. The van der Waals surface area contributed by atoms with Crippen LogP contribution in [0.1, 0.15) is 19.4 Å². The molecule has 1 aliphatic heterocycles. The minimum atomic E-state index is -1.25. The molecule has 2 rings (SSSR count). The van der Waals surface area contributed by atoms with E-state index >= 15 is 0 Å². The van der Waals surface area contributed by atoms with Crippen molar-refractivity contribution >= 4 is 50.9 Å². The van der Waals surface area contributed by atoms with Gasteiger partial charge in [0, 0.05) is 0 Å². The summed E-state index contributed by atoms with van der Waals surface area (Å²) in [6, 6.07) is 3.40. The number of amides is 2. The number of carboxylic acid groups (broad SMARTS) is 1. The van der Waals surface area contributed by atoms with Gasteiger partial charge in [-0.3, -0.25) is 19.3 Å². The third kappa shape index (κ3) is 4.55. The number of nitrogens with zero attached hydrogens (tertiary/aromatic N) is 1. The van der Waals surface area contributed by atoms with Crippen molar-refractivity contribution in [1.82, 2.24) is 4.90 Å². The summed E-state index contributed by atoms with van der Waals surface area (Å²) in [5.41, 5.74) is 0.612. The number of imide groups is 1. The number of thioether (sulfide) groups is 1. The van der Waals surface area contributed by atoms with Crippen molar-refractivity contribution in [2.24, 2.45) is 0 Å². The molecule has 1 fully saturated rings. The highest BCUT2D eigenvalue weighted by atomic mass is 79.9. The van der Waals surface area contributed by atoms with Crippen molar-refractivity contribution in [3.05, 3.63) is 27.1 Å². The maximum Gasteiger partial charge on any atom is 0.323 e. The van der Waals surface area contributed by atoms with Gasteiger partial charge in [-0.05, 0) is 65.3 Å². The van der Waals surface area contributed by atoms with E-state index in [9.17, 15) is 14.4 Å². The first-order valence-corrected chi connectivity index (χ1v) is 8.85. The second kappa shape index (κ2) is 7.92. The fourth-order valence-electron chi connectivity index (χ4n) is 2.10.